The summed E-state index contributed by atoms with van der Waals surface area (Å²) in [4.78, 5) is 13.9. The number of amides is 1. The largest absolute Gasteiger partial charge is 0.379 e. The van der Waals surface area contributed by atoms with Gasteiger partial charge in [0.15, 0.2) is 17.2 Å². The van der Waals surface area contributed by atoms with Crippen molar-refractivity contribution in [3.8, 4) is 0 Å². The van der Waals surface area contributed by atoms with Crippen LogP contribution in [-0.2, 0) is 11.3 Å². The fraction of sp³-hybridized carbons (Fsp3) is 0.438. The van der Waals surface area contributed by atoms with Crippen LogP contribution in [0.25, 0.3) is 0 Å². The number of carbonyl (C=O) groups is 1. The van der Waals surface area contributed by atoms with Gasteiger partial charge in [0.2, 0.25) is 0 Å². The van der Waals surface area contributed by atoms with Gasteiger partial charge in [0.05, 0.1) is 0 Å². The molecule has 1 aliphatic rings. The topological polar surface area (TPSA) is 52.6 Å². The molecule has 0 bridgehead atoms. The number of hydrogen-bond donors (Lipinski definition) is 2. The van der Waals surface area contributed by atoms with Gasteiger partial charge >= 0.3 is 0 Å². The van der Waals surface area contributed by atoms with Gasteiger partial charge < -0.3 is 15.3 Å². The van der Waals surface area contributed by atoms with E-state index in [1.54, 1.807) is 6.08 Å². The summed E-state index contributed by atoms with van der Waals surface area (Å²) in [5.74, 6) is -2.25. The first-order valence-corrected chi connectivity index (χ1v) is 7.23. The third kappa shape index (κ3) is 3.69. The fourth-order valence-corrected chi connectivity index (χ4v) is 2.62. The van der Waals surface area contributed by atoms with Crippen LogP contribution < -0.4 is 5.32 Å². The predicted molar refractivity (Wildman–Crippen MR) is 79.0 cm³/mol. The van der Waals surface area contributed by atoms with Crippen molar-refractivity contribution >= 4 is 5.91 Å². The number of benzene rings is 1. The van der Waals surface area contributed by atoms with Crippen LogP contribution in [0.1, 0.15) is 18.4 Å². The van der Waals surface area contributed by atoms with E-state index in [1.165, 1.54) is 11.0 Å². The number of likely N-dealkylation sites (tertiary alicyclic amines) is 1. The van der Waals surface area contributed by atoms with E-state index in [2.05, 4.69) is 11.9 Å². The summed E-state index contributed by atoms with van der Waals surface area (Å²) in [6.45, 7) is 4.85. The van der Waals surface area contributed by atoms with Crippen LogP contribution >= 0.6 is 0 Å². The Kier molecular flexibility index (Phi) is 5.26. The van der Waals surface area contributed by atoms with E-state index in [9.17, 15) is 18.7 Å². The van der Waals surface area contributed by atoms with E-state index in [4.69, 9.17) is 0 Å². The highest BCUT2D eigenvalue weighted by Crippen LogP contribution is 2.24. The zero-order chi connectivity index (χ0) is 16.2. The van der Waals surface area contributed by atoms with Crippen molar-refractivity contribution in [2.45, 2.75) is 25.0 Å². The lowest BCUT2D eigenvalue weighted by atomic mass is 9.91. The van der Waals surface area contributed by atoms with Crippen LogP contribution in [0.3, 0.4) is 0 Å². The number of nitrogens with zero attached hydrogens (tertiary/aromatic N) is 1. The molecule has 22 heavy (non-hydrogen) atoms. The summed E-state index contributed by atoms with van der Waals surface area (Å²) in [5, 5.41) is 13.4. The number of rotatable bonds is 6. The van der Waals surface area contributed by atoms with Crippen molar-refractivity contribution in [2.24, 2.45) is 0 Å². The monoisotopic (exact) mass is 310 g/mol. The second-order valence-corrected chi connectivity index (χ2v) is 5.53. The molecule has 1 atom stereocenters. The molecule has 1 aliphatic heterocycles. The zero-order valence-corrected chi connectivity index (χ0v) is 12.3. The average Bonchev–Trinajstić information content (AvgIpc) is 2.48. The summed E-state index contributed by atoms with van der Waals surface area (Å²) in [7, 11) is 0. The molecule has 0 aromatic heterocycles. The molecule has 120 valence electrons. The lowest BCUT2D eigenvalue weighted by molar-refractivity contribution is -0.157. The Hall–Kier alpha value is -1.79. The van der Waals surface area contributed by atoms with E-state index in [0.717, 1.165) is 12.1 Å². The second-order valence-electron chi connectivity index (χ2n) is 5.53. The molecule has 1 aromatic rings. The summed E-state index contributed by atoms with van der Waals surface area (Å²) in [6, 6.07) is 3.55. The first-order chi connectivity index (χ1) is 10.5. The summed E-state index contributed by atoms with van der Waals surface area (Å²) in [6.07, 6.45) is 2.68. The Bertz CT molecular complexity index is 565. The van der Waals surface area contributed by atoms with Crippen LogP contribution in [0.4, 0.5) is 8.78 Å². The SMILES string of the molecule is C=CCNC[C@]1(O)CCCN(Cc2ccc(F)c(F)c2)C1=O. The Labute approximate surface area is 128 Å². The zero-order valence-electron chi connectivity index (χ0n) is 12.3. The van der Waals surface area contributed by atoms with Crippen molar-refractivity contribution in [1.29, 1.82) is 0 Å². The maximum absolute atomic E-state index is 13.2. The van der Waals surface area contributed by atoms with E-state index < -0.39 is 17.2 Å². The molecule has 2 N–H and O–H groups in total. The Morgan fingerprint density at radius 1 is 1.41 bits per heavy atom. The minimum absolute atomic E-state index is 0.145. The number of hydrogen-bond acceptors (Lipinski definition) is 3. The highest BCUT2D eigenvalue weighted by Gasteiger charge is 2.41. The van der Waals surface area contributed by atoms with Gasteiger partial charge in [-0.1, -0.05) is 12.1 Å². The molecule has 1 aromatic carbocycles. The number of nitrogens with one attached hydrogen (secondary N) is 1. The van der Waals surface area contributed by atoms with E-state index >= 15 is 0 Å². The highest BCUT2D eigenvalue weighted by atomic mass is 19.2. The van der Waals surface area contributed by atoms with Gasteiger partial charge in [-0.25, -0.2) is 8.78 Å². The summed E-state index contributed by atoms with van der Waals surface area (Å²) >= 11 is 0. The molecule has 1 amide bonds. The Morgan fingerprint density at radius 2 is 2.18 bits per heavy atom. The number of aliphatic hydroxyl groups is 1. The van der Waals surface area contributed by atoms with Crippen LogP contribution in [-0.4, -0.2) is 41.1 Å². The van der Waals surface area contributed by atoms with Gasteiger partial charge in [0, 0.05) is 26.2 Å². The van der Waals surface area contributed by atoms with Crippen LogP contribution in [0.5, 0.6) is 0 Å². The highest BCUT2D eigenvalue weighted by molar-refractivity contribution is 5.86. The molecule has 6 heteroatoms. The standard InChI is InChI=1S/C16H20F2N2O2/c1-2-7-19-11-16(22)6-3-8-20(15(16)21)10-12-4-5-13(17)14(18)9-12/h2,4-5,9,19,22H,1,3,6-8,10-11H2/t16-/m1/s1. The number of halogens is 2. The Morgan fingerprint density at radius 3 is 2.86 bits per heavy atom. The lowest BCUT2D eigenvalue weighted by Crippen LogP contribution is -2.57. The molecular weight excluding hydrogens is 290 g/mol. The van der Waals surface area contributed by atoms with E-state index in [-0.39, 0.29) is 19.0 Å². The van der Waals surface area contributed by atoms with Crippen LogP contribution in [0.15, 0.2) is 30.9 Å². The molecule has 0 spiro atoms. The van der Waals surface area contributed by atoms with Crippen molar-refractivity contribution in [3.63, 3.8) is 0 Å². The Balaban J connectivity index is 2.05. The maximum Gasteiger partial charge on any atom is 0.256 e. The molecule has 1 saturated heterocycles. The lowest BCUT2D eigenvalue weighted by Gasteiger charge is -2.38. The normalized spacial score (nSPS) is 22.0. The molecule has 2 rings (SSSR count). The summed E-state index contributed by atoms with van der Waals surface area (Å²) < 4.78 is 26.2. The van der Waals surface area contributed by atoms with Crippen molar-refractivity contribution in [2.75, 3.05) is 19.6 Å². The molecule has 1 heterocycles. The molecule has 0 unspecified atom stereocenters. The predicted octanol–water partition coefficient (Wildman–Crippen LogP) is 1.59. The van der Waals surface area contributed by atoms with Gasteiger partial charge in [-0.05, 0) is 30.5 Å². The molecule has 0 radical (unpaired) electrons. The van der Waals surface area contributed by atoms with Crippen molar-refractivity contribution in [3.05, 3.63) is 48.1 Å². The number of piperidine rings is 1. The number of carbonyl (C=O) groups excluding carboxylic acids is 1. The van der Waals surface area contributed by atoms with Crippen LogP contribution in [0.2, 0.25) is 0 Å². The van der Waals surface area contributed by atoms with Gasteiger partial charge in [-0.3, -0.25) is 4.79 Å². The summed E-state index contributed by atoms with van der Waals surface area (Å²) in [5.41, 5.74) is -0.963. The third-order valence-electron chi connectivity index (χ3n) is 3.77. The van der Waals surface area contributed by atoms with Gasteiger partial charge in [-0.2, -0.15) is 0 Å². The first kappa shape index (κ1) is 16.6. The molecule has 1 fully saturated rings. The van der Waals surface area contributed by atoms with Gasteiger partial charge in [0.1, 0.15) is 0 Å². The molecular formula is C16H20F2N2O2. The first-order valence-electron chi connectivity index (χ1n) is 7.23. The smallest absolute Gasteiger partial charge is 0.256 e. The quantitative estimate of drug-likeness (QED) is 0.620. The van der Waals surface area contributed by atoms with Gasteiger partial charge in [-0.15, -0.1) is 6.58 Å². The molecule has 4 nitrogen and oxygen atoms in total. The molecule has 0 aliphatic carbocycles. The maximum atomic E-state index is 13.2. The molecule has 0 saturated carbocycles. The van der Waals surface area contributed by atoms with E-state index in [1.807, 2.05) is 0 Å². The second kappa shape index (κ2) is 6.98. The minimum Gasteiger partial charge on any atom is -0.379 e. The van der Waals surface area contributed by atoms with Crippen molar-refractivity contribution < 1.29 is 18.7 Å². The fourth-order valence-electron chi connectivity index (χ4n) is 2.62. The van der Waals surface area contributed by atoms with E-state index in [0.29, 0.717) is 31.5 Å². The van der Waals surface area contributed by atoms with Gasteiger partial charge in [0.25, 0.3) is 5.91 Å². The van der Waals surface area contributed by atoms with Crippen LogP contribution in [0, 0.1) is 11.6 Å². The average molecular weight is 310 g/mol. The third-order valence-corrected chi connectivity index (χ3v) is 3.77. The van der Waals surface area contributed by atoms with Crippen molar-refractivity contribution in [1.82, 2.24) is 10.2 Å². The minimum atomic E-state index is -1.46.